The Labute approximate surface area is 105 Å². The van der Waals surface area contributed by atoms with Crippen molar-refractivity contribution >= 4 is 11.8 Å². The monoisotopic (exact) mass is 246 g/mol. The maximum atomic E-state index is 5.87. The van der Waals surface area contributed by atoms with E-state index in [4.69, 9.17) is 4.74 Å². The third kappa shape index (κ3) is 2.47. The van der Waals surface area contributed by atoms with Gasteiger partial charge < -0.3 is 4.74 Å². The molecule has 0 N–H and O–H groups in total. The van der Waals surface area contributed by atoms with Crippen molar-refractivity contribution < 1.29 is 4.74 Å². The second kappa shape index (κ2) is 4.84. The Kier molecular flexibility index (Phi) is 3.05. The predicted molar refractivity (Wildman–Crippen MR) is 69.9 cm³/mol. The number of para-hydroxylation sites is 1. The molecule has 0 radical (unpaired) electrons. The van der Waals surface area contributed by atoms with Crippen LogP contribution in [0.3, 0.4) is 0 Å². The van der Waals surface area contributed by atoms with Gasteiger partial charge in [-0.1, -0.05) is 18.2 Å². The fourth-order valence-electron chi connectivity index (χ4n) is 1.89. The van der Waals surface area contributed by atoms with E-state index >= 15 is 0 Å². The molecule has 1 fully saturated rings. The molecule has 1 aromatic carbocycles. The molecule has 0 bridgehead atoms. The molecule has 3 nitrogen and oxygen atoms in total. The summed E-state index contributed by atoms with van der Waals surface area (Å²) in [4.78, 5) is 0. The number of aromatic nitrogens is 2. The summed E-state index contributed by atoms with van der Waals surface area (Å²) < 4.78 is 7.72. The summed E-state index contributed by atoms with van der Waals surface area (Å²) in [7, 11) is 0. The minimum atomic E-state index is 0.355. The van der Waals surface area contributed by atoms with E-state index in [1.807, 2.05) is 53.0 Å². The van der Waals surface area contributed by atoms with Gasteiger partial charge in [0.15, 0.2) is 5.75 Å². The Bertz CT molecular complexity index is 477. The molecular formula is C13H14N2OS. The molecule has 4 heteroatoms. The van der Waals surface area contributed by atoms with Crippen LogP contribution >= 0.6 is 11.8 Å². The Morgan fingerprint density at radius 3 is 2.94 bits per heavy atom. The molecule has 1 aliphatic heterocycles. The van der Waals surface area contributed by atoms with Gasteiger partial charge in [-0.25, -0.2) is 4.68 Å². The van der Waals surface area contributed by atoms with E-state index in [9.17, 15) is 0 Å². The van der Waals surface area contributed by atoms with E-state index in [2.05, 4.69) is 5.10 Å². The number of benzene rings is 1. The zero-order chi connectivity index (χ0) is 11.5. The lowest BCUT2D eigenvalue weighted by Crippen LogP contribution is -2.14. The first kappa shape index (κ1) is 10.7. The van der Waals surface area contributed by atoms with Crippen LogP contribution in [-0.2, 0) is 0 Å². The van der Waals surface area contributed by atoms with Gasteiger partial charge in [0, 0.05) is 5.75 Å². The fraction of sp³-hybridized carbons (Fsp3) is 0.308. The van der Waals surface area contributed by atoms with Gasteiger partial charge in [0.2, 0.25) is 0 Å². The third-order valence-corrected chi connectivity index (χ3v) is 3.90. The molecule has 1 unspecified atom stereocenters. The van der Waals surface area contributed by atoms with E-state index in [1.54, 1.807) is 6.20 Å². The Hall–Kier alpha value is -1.42. The second-order valence-corrected chi connectivity index (χ2v) is 5.21. The highest BCUT2D eigenvalue weighted by Crippen LogP contribution is 2.23. The van der Waals surface area contributed by atoms with Crippen molar-refractivity contribution in [1.82, 2.24) is 9.78 Å². The first-order valence-electron chi connectivity index (χ1n) is 5.76. The second-order valence-electron chi connectivity index (χ2n) is 4.06. The molecule has 1 aliphatic rings. The normalized spacial score (nSPS) is 19.4. The largest absolute Gasteiger partial charge is 0.486 e. The molecule has 1 aromatic heterocycles. The molecule has 2 heterocycles. The topological polar surface area (TPSA) is 27.1 Å². The SMILES string of the molecule is c1ccc(-n2cc(OC3CCSC3)cn2)cc1. The number of hydrogen-bond acceptors (Lipinski definition) is 3. The zero-order valence-corrected chi connectivity index (χ0v) is 10.3. The van der Waals surface area contributed by atoms with Crippen LogP contribution in [-0.4, -0.2) is 27.4 Å². The Balaban J connectivity index is 1.74. The number of rotatable bonds is 3. The highest BCUT2D eigenvalue weighted by Gasteiger charge is 2.17. The van der Waals surface area contributed by atoms with E-state index in [0.717, 1.165) is 23.6 Å². The lowest BCUT2D eigenvalue weighted by molar-refractivity contribution is 0.229. The van der Waals surface area contributed by atoms with Crippen LogP contribution in [0.2, 0.25) is 0 Å². The molecule has 0 saturated carbocycles. The van der Waals surface area contributed by atoms with Crippen molar-refractivity contribution in [3.63, 3.8) is 0 Å². The molecule has 0 amide bonds. The van der Waals surface area contributed by atoms with Crippen LogP contribution in [0.15, 0.2) is 42.7 Å². The van der Waals surface area contributed by atoms with Crippen LogP contribution < -0.4 is 4.74 Å². The summed E-state index contributed by atoms with van der Waals surface area (Å²) in [5, 5.41) is 4.31. The summed E-state index contributed by atoms with van der Waals surface area (Å²) >= 11 is 1.95. The molecule has 88 valence electrons. The van der Waals surface area contributed by atoms with Crippen molar-refractivity contribution in [2.24, 2.45) is 0 Å². The summed E-state index contributed by atoms with van der Waals surface area (Å²) in [6.45, 7) is 0. The quantitative estimate of drug-likeness (QED) is 0.833. The molecular weight excluding hydrogens is 232 g/mol. The number of hydrogen-bond donors (Lipinski definition) is 0. The molecule has 17 heavy (non-hydrogen) atoms. The number of nitrogens with zero attached hydrogens (tertiary/aromatic N) is 2. The fourth-order valence-corrected chi connectivity index (χ4v) is 2.98. The smallest absolute Gasteiger partial charge is 0.158 e. The first-order valence-corrected chi connectivity index (χ1v) is 6.92. The minimum absolute atomic E-state index is 0.355. The van der Waals surface area contributed by atoms with Crippen molar-refractivity contribution in [2.45, 2.75) is 12.5 Å². The Morgan fingerprint density at radius 2 is 2.18 bits per heavy atom. The van der Waals surface area contributed by atoms with E-state index < -0.39 is 0 Å². The van der Waals surface area contributed by atoms with Crippen molar-refractivity contribution in [3.8, 4) is 11.4 Å². The molecule has 0 spiro atoms. The summed E-state index contributed by atoms with van der Waals surface area (Å²) in [6, 6.07) is 10.1. The van der Waals surface area contributed by atoms with Gasteiger partial charge in [-0.15, -0.1) is 0 Å². The number of thioether (sulfide) groups is 1. The Morgan fingerprint density at radius 1 is 1.29 bits per heavy atom. The van der Waals surface area contributed by atoms with Gasteiger partial charge in [0.1, 0.15) is 6.10 Å². The first-order chi connectivity index (χ1) is 8.42. The van der Waals surface area contributed by atoms with Crippen LogP contribution in [0.25, 0.3) is 5.69 Å². The number of ether oxygens (including phenoxy) is 1. The van der Waals surface area contributed by atoms with Gasteiger partial charge in [0.25, 0.3) is 0 Å². The minimum Gasteiger partial charge on any atom is -0.486 e. The summed E-state index contributed by atoms with van der Waals surface area (Å²) in [5.74, 6) is 3.16. The lowest BCUT2D eigenvalue weighted by Gasteiger charge is -2.09. The maximum Gasteiger partial charge on any atom is 0.158 e. The summed E-state index contributed by atoms with van der Waals surface area (Å²) in [5.41, 5.74) is 1.06. The van der Waals surface area contributed by atoms with Gasteiger partial charge in [-0.3, -0.25) is 0 Å². The molecule has 1 saturated heterocycles. The van der Waals surface area contributed by atoms with Crippen molar-refractivity contribution in [2.75, 3.05) is 11.5 Å². The van der Waals surface area contributed by atoms with Crippen LogP contribution in [0.1, 0.15) is 6.42 Å². The highest BCUT2D eigenvalue weighted by molar-refractivity contribution is 7.99. The average molecular weight is 246 g/mol. The van der Waals surface area contributed by atoms with Crippen molar-refractivity contribution in [1.29, 1.82) is 0 Å². The molecule has 0 aliphatic carbocycles. The van der Waals surface area contributed by atoms with E-state index in [1.165, 1.54) is 5.75 Å². The van der Waals surface area contributed by atoms with E-state index in [0.29, 0.717) is 6.10 Å². The van der Waals surface area contributed by atoms with Gasteiger partial charge in [-0.2, -0.15) is 16.9 Å². The standard InChI is InChI=1S/C13H14N2OS/c1-2-4-11(5-3-1)15-9-13(8-14-15)16-12-6-7-17-10-12/h1-5,8-9,12H,6-7,10H2. The van der Waals surface area contributed by atoms with Crippen molar-refractivity contribution in [3.05, 3.63) is 42.7 Å². The molecule has 2 aromatic rings. The summed E-state index contributed by atoms with van der Waals surface area (Å²) in [6.07, 6.45) is 5.23. The maximum absolute atomic E-state index is 5.87. The highest BCUT2D eigenvalue weighted by atomic mass is 32.2. The van der Waals surface area contributed by atoms with Crippen LogP contribution in [0.5, 0.6) is 5.75 Å². The third-order valence-electron chi connectivity index (χ3n) is 2.77. The zero-order valence-electron chi connectivity index (χ0n) is 9.45. The van der Waals surface area contributed by atoms with Gasteiger partial charge in [-0.05, 0) is 24.3 Å². The van der Waals surface area contributed by atoms with Crippen LogP contribution in [0.4, 0.5) is 0 Å². The average Bonchev–Trinajstić information content (AvgIpc) is 3.02. The van der Waals surface area contributed by atoms with Gasteiger partial charge >= 0.3 is 0 Å². The van der Waals surface area contributed by atoms with E-state index in [-0.39, 0.29) is 0 Å². The molecule has 3 rings (SSSR count). The molecule has 1 atom stereocenters. The lowest BCUT2D eigenvalue weighted by atomic mass is 10.3. The van der Waals surface area contributed by atoms with Gasteiger partial charge in [0.05, 0.1) is 18.1 Å². The predicted octanol–water partition coefficient (Wildman–Crippen LogP) is 2.76. The van der Waals surface area contributed by atoms with Crippen LogP contribution in [0, 0.1) is 0 Å².